The van der Waals surface area contributed by atoms with Crippen LogP contribution in [0.5, 0.6) is 0 Å². The van der Waals surface area contributed by atoms with Gasteiger partial charge >= 0.3 is 0 Å². The van der Waals surface area contributed by atoms with Crippen LogP contribution in [-0.2, 0) is 0 Å². The highest BCUT2D eigenvalue weighted by Gasteiger charge is 2.16. The van der Waals surface area contributed by atoms with Crippen molar-refractivity contribution in [2.45, 2.75) is 6.04 Å². The van der Waals surface area contributed by atoms with E-state index in [1.54, 1.807) is 6.07 Å². The van der Waals surface area contributed by atoms with Crippen LogP contribution in [0.4, 0.5) is 0 Å². The van der Waals surface area contributed by atoms with E-state index >= 15 is 0 Å². The van der Waals surface area contributed by atoms with E-state index in [0.717, 1.165) is 11.1 Å². The van der Waals surface area contributed by atoms with Crippen LogP contribution in [-0.4, -0.2) is 27.8 Å². The van der Waals surface area contributed by atoms with Crippen molar-refractivity contribution in [3.05, 3.63) is 78.0 Å². The summed E-state index contributed by atoms with van der Waals surface area (Å²) < 4.78 is 0. The van der Waals surface area contributed by atoms with E-state index in [1.165, 1.54) is 0 Å². The average Bonchev–Trinajstić information content (AvgIpc) is 3.11. The number of rotatable bonds is 5. The monoisotopic (exact) mass is 307 g/mol. The maximum Gasteiger partial charge on any atom is 0.269 e. The lowest BCUT2D eigenvalue weighted by Gasteiger charge is -2.15. The van der Waals surface area contributed by atoms with Crippen LogP contribution in [0.15, 0.2) is 66.7 Å². The summed E-state index contributed by atoms with van der Waals surface area (Å²) >= 11 is 0. The molecule has 1 atom stereocenters. The summed E-state index contributed by atoms with van der Waals surface area (Å²) in [5.74, 6) is -0.303. The number of amides is 1. The molecule has 5 nitrogen and oxygen atoms in total. The number of H-pyrrole nitrogens is 1. The van der Waals surface area contributed by atoms with E-state index < -0.39 is 6.04 Å². The second-order valence-electron chi connectivity index (χ2n) is 5.15. The minimum Gasteiger partial charge on any atom is -0.394 e. The summed E-state index contributed by atoms with van der Waals surface area (Å²) in [7, 11) is 0. The van der Waals surface area contributed by atoms with Gasteiger partial charge in [-0.25, -0.2) is 0 Å². The van der Waals surface area contributed by atoms with Crippen molar-refractivity contribution in [1.29, 1.82) is 0 Å². The number of nitrogens with one attached hydrogen (secondary N) is 2. The van der Waals surface area contributed by atoms with Crippen LogP contribution < -0.4 is 5.32 Å². The SMILES string of the molecule is O=C(NC(CO)c1ccccc1)c1cc(-c2ccccc2)n[nH]1. The lowest BCUT2D eigenvalue weighted by atomic mass is 10.1. The molecule has 0 aliphatic heterocycles. The van der Waals surface area contributed by atoms with Crippen molar-refractivity contribution in [1.82, 2.24) is 15.5 Å². The molecule has 1 heterocycles. The summed E-state index contributed by atoms with van der Waals surface area (Å²) in [4.78, 5) is 12.3. The van der Waals surface area contributed by atoms with Crippen molar-refractivity contribution in [2.24, 2.45) is 0 Å². The van der Waals surface area contributed by atoms with E-state index in [1.807, 2.05) is 60.7 Å². The van der Waals surface area contributed by atoms with Gasteiger partial charge in [0.15, 0.2) is 0 Å². The van der Waals surface area contributed by atoms with Gasteiger partial charge in [-0.15, -0.1) is 0 Å². The van der Waals surface area contributed by atoms with Crippen LogP contribution in [0.2, 0.25) is 0 Å². The fourth-order valence-electron chi connectivity index (χ4n) is 2.35. The maximum atomic E-state index is 12.3. The predicted octanol–water partition coefficient (Wildman–Crippen LogP) is 2.54. The highest BCUT2D eigenvalue weighted by Crippen LogP contribution is 2.18. The number of aromatic amines is 1. The zero-order chi connectivity index (χ0) is 16.1. The average molecular weight is 307 g/mol. The summed E-state index contributed by atoms with van der Waals surface area (Å²) in [6.45, 7) is -0.171. The fraction of sp³-hybridized carbons (Fsp3) is 0.111. The molecule has 5 heteroatoms. The molecule has 3 aromatic rings. The third kappa shape index (κ3) is 3.46. The molecule has 1 unspecified atom stereocenters. The molecule has 2 aromatic carbocycles. The van der Waals surface area contributed by atoms with Crippen molar-refractivity contribution in [3.8, 4) is 11.3 Å². The molecule has 23 heavy (non-hydrogen) atoms. The number of nitrogens with zero attached hydrogens (tertiary/aromatic N) is 1. The van der Waals surface area contributed by atoms with Crippen LogP contribution in [0.3, 0.4) is 0 Å². The molecule has 0 saturated carbocycles. The number of aliphatic hydroxyl groups is 1. The Kier molecular flexibility index (Phi) is 4.49. The first-order valence-electron chi connectivity index (χ1n) is 7.35. The normalized spacial score (nSPS) is 11.9. The highest BCUT2D eigenvalue weighted by atomic mass is 16.3. The lowest BCUT2D eigenvalue weighted by Crippen LogP contribution is -2.31. The third-order valence-electron chi connectivity index (χ3n) is 3.58. The zero-order valence-corrected chi connectivity index (χ0v) is 12.4. The molecule has 0 bridgehead atoms. The first-order chi connectivity index (χ1) is 11.3. The Hall–Kier alpha value is -2.92. The van der Waals surface area contributed by atoms with Gasteiger partial charge in [0.25, 0.3) is 5.91 Å². The molecule has 0 aliphatic rings. The Balaban J connectivity index is 1.75. The van der Waals surface area contributed by atoms with Crippen molar-refractivity contribution < 1.29 is 9.90 Å². The van der Waals surface area contributed by atoms with Crippen LogP contribution in [0.1, 0.15) is 22.1 Å². The van der Waals surface area contributed by atoms with Crippen LogP contribution in [0.25, 0.3) is 11.3 Å². The van der Waals surface area contributed by atoms with Gasteiger partial charge in [0, 0.05) is 5.56 Å². The van der Waals surface area contributed by atoms with Crippen LogP contribution in [0, 0.1) is 0 Å². The van der Waals surface area contributed by atoms with E-state index in [-0.39, 0.29) is 12.5 Å². The van der Waals surface area contributed by atoms with Gasteiger partial charge < -0.3 is 10.4 Å². The van der Waals surface area contributed by atoms with E-state index in [2.05, 4.69) is 15.5 Å². The number of aromatic nitrogens is 2. The molecule has 1 amide bonds. The van der Waals surface area contributed by atoms with Gasteiger partial charge in [-0.3, -0.25) is 9.89 Å². The van der Waals surface area contributed by atoms with Crippen LogP contribution >= 0.6 is 0 Å². The third-order valence-corrected chi connectivity index (χ3v) is 3.58. The Labute approximate surface area is 134 Å². The largest absolute Gasteiger partial charge is 0.394 e. The maximum absolute atomic E-state index is 12.3. The quantitative estimate of drug-likeness (QED) is 0.678. The minimum atomic E-state index is -0.452. The summed E-state index contributed by atoms with van der Waals surface area (Å²) in [6.07, 6.45) is 0. The molecule has 116 valence electrons. The molecule has 0 fully saturated rings. The number of carbonyl (C=O) groups excluding carboxylic acids is 1. The zero-order valence-electron chi connectivity index (χ0n) is 12.4. The first-order valence-corrected chi connectivity index (χ1v) is 7.35. The molecular weight excluding hydrogens is 290 g/mol. The van der Waals surface area contributed by atoms with E-state index in [0.29, 0.717) is 11.4 Å². The smallest absolute Gasteiger partial charge is 0.269 e. The molecule has 3 rings (SSSR count). The highest BCUT2D eigenvalue weighted by molar-refractivity contribution is 5.93. The molecule has 0 radical (unpaired) electrons. The molecule has 0 aliphatic carbocycles. The number of aliphatic hydroxyl groups excluding tert-OH is 1. The number of hydrogen-bond donors (Lipinski definition) is 3. The second kappa shape index (κ2) is 6.89. The Bertz CT molecular complexity index is 769. The van der Waals surface area contributed by atoms with E-state index in [4.69, 9.17) is 0 Å². The topological polar surface area (TPSA) is 78.0 Å². The van der Waals surface area contributed by atoms with Gasteiger partial charge in [0.05, 0.1) is 18.3 Å². The van der Waals surface area contributed by atoms with Gasteiger partial charge in [0.1, 0.15) is 5.69 Å². The number of hydrogen-bond acceptors (Lipinski definition) is 3. The molecule has 0 saturated heterocycles. The summed E-state index contributed by atoms with van der Waals surface area (Å²) in [6, 6.07) is 20.2. The summed E-state index contributed by atoms with van der Waals surface area (Å²) in [5, 5.41) is 19.2. The molecule has 1 aromatic heterocycles. The van der Waals surface area contributed by atoms with Gasteiger partial charge in [0.2, 0.25) is 0 Å². The fourth-order valence-corrected chi connectivity index (χ4v) is 2.35. The number of carbonyl (C=O) groups is 1. The molecular formula is C18H17N3O2. The van der Waals surface area contributed by atoms with Crippen molar-refractivity contribution in [2.75, 3.05) is 6.61 Å². The lowest BCUT2D eigenvalue weighted by molar-refractivity contribution is 0.0911. The Morgan fingerprint density at radius 1 is 1.09 bits per heavy atom. The van der Waals surface area contributed by atoms with Gasteiger partial charge in [-0.05, 0) is 11.6 Å². The van der Waals surface area contributed by atoms with E-state index in [9.17, 15) is 9.90 Å². The van der Waals surface area contributed by atoms with Crippen molar-refractivity contribution in [3.63, 3.8) is 0 Å². The van der Waals surface area contributed by atoms with Gasteiger partial charge in [-0.2, -0.15) is 5.10 Å². The molecule has 3 N–H and O–H groups in total. The Morgan fingerprint density at radius 2 is 1.74 bits per heavy atom. The van der Waals surface area contributed by atoms with Gasteiger partial charge in [-0.1, -0.05) is 60.7 Å². The standard InChI is InChI=1S/C18H17N3O2/c22-12-17(14-9-5-2-6-10-14)19-18(23)16-11-15(20-21-16)13-7-3-1-4-8-13/h1-11,17,22H,12H2,(H,19,23)(H,20,21). The minimum absolute atomic E-state index is 0.171. The summed E-state index contributed by atoms with van der Waals surface area (Å²) in [5.41, 5.74) is 2.85. The Morgan fingerprint density at radius 3 is 2.39 bits per heavy atom. The number of benzene rings is 2. The molecule has 0 spiro atoms. The first kappa shape index (κ1) is 15.0. The van der Waals surface area contributed by atoms with Crippen molar-refractivity contribution >= 4 is 5.91 Å². The predicted molar refractivity (Wildman–Crippen MR) is 87.8 cm³/mol. The second-order valence-corrected chi connectivity index (χ2v) is 5.15.